The number of hydrogen-bond donors (Lipinski definition) is 2. The van der Waals surface area contributed by atoms with E-state index in [1.54, 1.807) is 19.9 Å². The molecule has 1 heterocycles. The number of benzene rings is 1. The van der Waals surface area contributed by atoms with Crippen LogP contribution in [0.15, 0.2) is 18.3 Å². The van der Waals surface area contributed by atoms with Crippen LogP contribution in [0, 0.1) is 17.2 Å². The van der Waals surface area contributed by atoms with E-state index in [1.807, 2.05) is 16.9 Å². The summed E-state index contributed by atoms with van der Waals surface area (Å²) in [5, 5.41) is 24.5. The predicted octanol–water partition coefficient (Wildman–Crippen LogP) is 3.05. The zero-order chi connectivity index (χ0) is 19.6. The van der Waals surface area contributed by atoms with Crippen molar-refractivity contribution >= 4 is 17.0 Å². The van der Waals surface area contributed by atoms with E-state index in [0.717, 1.165) is 42.1 Å². The number of aromatic nitrogens is 2. The Morgan fingerprint density at radius 3 is 2.70 bits per heavy atom. The molecule has 0 bridgehead atoms. The number of hydrogen-bond acceptors (Lipinski definition) is 5. The molecule has 1 saturated carbocycles. The molecule has 1 aliphatic rings. The summed E-state index contributed by atoms with van der Waals surface area (Å²) in [4.78, 5) is 11.1. The summed E-state index contributed by atoms with van der Waals surface area (Å²) in [5.74, 6) is 0.399. The fourth-order valence-electron chi connectivity index (χ4n) is 3.93. The summed E-state index contributed by atoms with van der Waals surface area (Å²) in [6.45, 7) is 3.80. The van der Waals surface area contributed by atoms with Crippen LogP contribution in [-0.4, -0.2) is 33.2 Å². The lowest BCUT2D eigenvalue weighted by Gasteiger charge is -2.27. The average Bonchev–Trinajstić information content (AvgIpc) is 3.02. The van der Waals surface area contributed by atoms with E-state index < -0.39 is 11.7 Å². The molecule has 1 aliphatic carbocycles. The number of ether oxygens (including phenoxy) is 1. The Balaban J connectivity index is 1.87. The third-order valence-electron chi connectivity index (χ3n) is 5.31. The first-order valence-electron chi connectivity index (χ1n) is 9.32. The highest BCUT2D eigenvalue weighted by Gasteiger charge is 2.25. The van der Waals surface area contributed by atoms with Gasteiger partial charge < -0.3 is 15.6 Å². The van der Waals surface area contributed by atoms with Crippen LogP contribution in [0.1, 0.15) is 56.7 Å². The van der Waals surface area contributed by atoms with Gasteiger partial charge in [-0.3, -0.25) is 4.68 Å². The van der Waals surface area contributed by atoms with Crippen molar-refractivity contribution in [3.05, 3.63) is 29.5 Å². The van der Waals surface area contributed by atoms with Crippen molar-refractivity contribution in [2.24, 2.45) is 11.7 Å². The van der Waals surface area contributed by atoms with Crippen molar-refractivity contribution in [2.75, 3.05) is 6.61 Å². The van der Waals surface area contributed by atoms with Crippen molar-refractivity contribution in [3.8, 4) is 6.07 Å². The molecule has 0 radical (unpaired) electrons. The van der Waals surface area contributed by atoms with Crippen molar-refractivity contribution in [1.82, 2.24) is 9.78 Å². The Bertz CT molecular complexity index is 873. The normalized spacial score (nSPS) is 20.4. The van der Waals surface area contributed by atoms with Gasteiger partial charge in [-0.05, 0) is 63.1 Å². The van der Waals surface area contributed by atoms with Gasteiger partial charge in [0.1, 0.15) is 5.60 Å². The maximum absolute atomic E-state index is 11.1. The van der Waals surface area contributed by atoms with Gasteiger partial charge in [-0.25, -0.2) is 4.79 Å². The van der Waals surface area contributed by atoms with E-state index >= 15 is 0 Å². The largest absolute Gasteiger partial charge is 0.443 e. The van der Waals surface area contributed by atoms with Gasteiger partial charge in [-0.15, -0.1) is 0 Å². The van der Waals surface area contributed by atoms with Gasteiger partial charge in [-0.1, -0.05) is 0 Å². The van der Waals surface area contributed by atoms with Crippen LogP contribution >= 0.6 is 0 Å². The van der Waals surface area contributed by atoms with Crippen LogP contribution in [0.25, 0.3) is 10.9 Å². The number of fused-ring (bicyclic) bond motifs is 1. The van der Waals surface area contributed by atoms with E-state index in [1.165, 1.54) is 0 Å². The van der Waals surface area contributed by atoms with Gasteiger partial charge >= 0.3 is 6.09 Å². The van der Waals surface area contributed by atoms with Gasteiger partial charge in [-0.2, -0.15) is 10.4 Å². The minimum Gasteiger partial charge on any atom is -0.443 e. The fraction of sp³-hybridized carbons (Fsp3) is 0.550. The maximum atomic E-state index is 11.1. The lowest BCUT2D eigenvalue weighted by molar-refractivity contribution is 0.0460. The summed E-state index contributed by atoms with van der Waals surface area (Å²) in [5.41, 5.74) is 6.46. The summed E-state index contributed by atoms with van der Waals surface area (Å²) >= 11 is 0. The molecule has 0 aliphatic heterocycles. The Labute approximate surface area is 158 Å². The summed E-state index contributed by atoms with van der Waals surface area (Å²) in [7, 11) is 0. The van der Waals surface area contributed by atoms with Crippen molar-refractivity contribution in [1.29, 1.82) is 5.26 Å². The van der Waals surface area contributed by atoms with E-state index in [0.29, 0.717) is 23.9 Å². The third kappa shape index (κ3) is 4.40. The molecule has 27 heavy (non-hydrogen) atoms. The quantitative estimate of drug-likeness (QED) is 0.839. The molecule has 0 unspecified atom stereocenters. The van der Waals surface area contributed by atoms with E-state index in [2.05, 4.69) is 11.2 Å². The molecule has 0 saturated heterocycles. The number of rotatable bonds is 5. The smallest absolute Gasteiger partial charge is 0.405 e. The highest BCUT2D eigenvalue weighted by molar-refractivity contribution is 5.81. The molecule has 1 amide bonds. The first kappa shape index (κ1) is 19.2. The molecule has 7 heteroatoms. The van der Waals surface area contributed by atoms with Crippen LogP contribution in [0.4, 0.5) is 4.79 Å². The number of nitrogens with two attached hydrogens (primary N) is 1. The molecule has 0 atom stereocenters. The second kappa shape index (κ2) is 7.57. The summed E-state index contributed by atoms with van der Waals surface area (Å²) < 4.78 is 7.16. The van der Waals surface area contributed by atoms with Gasteiger partial charge in [0.05, 0.1) is 23.2 Å². The van der Waals surface area contributed by atoms with E-state index in [9.17, 15) is 15.2 Å². The lowest BCUT2D eigenvalue weighted by Crippen LogP contribution is -2.33. The average molecular weight is 370 g/mol. The number of aliphatic hydroxyl groups excluding tert-OH is 1. The topological polar surface area (TPSA) is 114 Å². The minimum absolute atomic E-state index is 0.256. The second-order valence-electron chi connectivity index (χ2n) is 8.00. The minimum atomic E-state index is -0.828. The molecular weight excluding hydrogens is 344 g/mol. The Morgan fingerprint density at radius 1 is 1.41 bits per heavy atom. The molecule has 0 spiro atoms. The molecule has 3 rings (SSSR count). The number of nitrogens with zero attached hydrogens (tertiary/aromatic N) is 3. The van der Waals surface area contributed by atoms with Crippen molar-refractivity contribution in [3.63, 3.8) is 0 Å². The standard InChI is InChI=1S/C20H26N4O3/c1-20(2,27-19(22)26)9-14-7-16-11-24(23-18(16)8-15(14)10-21)17-5-3-13(12-25)4-6-17/h7-8,11,13,17,25H,3-6,9,12H2,1-2H3,(H2,22,26). The maximum Gasteiger partial charge on any atom is 0.405 e. The fourth-order valence-corrected chi connectivity index (χ4v) is 3.93. The zero-order valence-electron chi connectivity index (χ0n) is 15.8. The van der Waals surface area contributed by atoms with Gasteiger partial charge in [0, 0.05) is 24.6 Å². The number of carbonyl (C=O) groups is 1. The van der Waals surface area contributed by atoms with Crippen molar-refractivity contribution in [2.45, 2.75) is 57.6 Å². The molecule has 1 fully saturated rings. The predicted molar refractivity (Wildman–Crippen MR) is 101 cm³/mol. The molecule has 1 aromatic heterocycles. The van der Waals surface area contributed by atoms with Crippen LogP contribution in [0.2, 0.25) is 0 Å². The van der Waals surface area contributed by atoms with Crippen LogP contribution in [0.3, 0.4) is 0 Å². The Morgan fingerprint density at radius 2 is 2.11 bits per heavy atom. The second-order valence-corrected chi connectivity index (χ2v) is 8.00. The van der Waals surface area contributed by atoms with Crippen LogP contribution in [0.5, 0.6) is 0 Å². The molecule has 144 valence electrons. The SMILES string of the molecule is CC(C)(Cc1cc2cn(C3CCC(CO)CC3)nc2cc1C#N)OC(N)=O. The molecular formula is C20H26N4O3. The number of amides is 1. The molecule has 3 N–H and O–H groups in total. The molecule has 1 aromatic carbocycles. The first-order valence-corrected chi connectivity index (χ1v) is 9.32. The highest BCUT2D eigenvalue weighted by Crippen LogP contribution is 2.33. The van der Waals surface area contributed by atoms with Crippen LogP contribution < -0.4 is 5.73 Å². The van der Waals surface area contributed by atoms with Gasteiger partial charge in [0.2, 0.25) is 0 Å². The number of nitriles is 1. The highest BCUT2D eigenvalue weighted by atomic mass is 16.6. The number of primary amides is 1. The number of aliphatic hydroxyl groups is 1. The van der Waals surface area contributed by atoms with Gasteiger partial charge in [0.15, 0.2) is 0 Å². The Kier molecular flexibility index (Phi) is 5.38. The monoisotopic (exact) mass is 370 g/mol. The zero-order valence-corrected chi connectivity index (χ0v) is 15.8. The third-order valence-corrected chi connectivity index (χ3v) is 5.31. The summed E-state index contributed by atoms with van der Waals surface area (Å²) in [6.07, 6.45) is 5.58. The number of carbonyl (C=O) groups excluding carboxylic acids is 1. The molecule has 2 aromatic rings. The van der Waals surface area contributed by atoms with E-state index in [-0.39, 0.29) is 6.61 Å². The first-order chi connectivity index (χ1) is 12.8. The molecule has 7 nitrogen and oxygen atoms in total. The van der Waals surface area contributed by atoms with Crippen LogP contribution in [-0.2, 0) is 11.2 Å². The Hall–Kier alpha value is -2.59. The van der Waals surface area contributed by atoms with Crippen molar-refractivity contribution < 1.29 is 14.6 Å². The van der Waals surface area contributed by atoms with E-state index in [4.69, 9.17) is 10.5 Å². The summed E-state index contributed by atoms with van der Waals surface area (Å²) in [6, 6.07) is 6.28. The lowest BCUT2D eigenvalue weighted by atomic mass is 9.87. The van der Waals surface area contributed by atoms with Gasteiger partial charge in [0.25, 0.3) is 0 Å².